The molecule has 20 heavy (non-hydrogen) atoms. The van der Waals surface area contributed by atoms with Gasteiger partial charge in [0.05, 0.1) is 13.7 Å². The number of hydrogen-bond acceptors (Lipinski definition) is 4. The lowest BCUT2D eigenvalue weighted by atomic mass is 10.2. The highest BCUT2D eigenvalue weighted by Crippen LogP contribution is 2.30. The van der Waals surface area contributed by atoms with Gasteiger partial charge in [0.15, 0.2) is 0 Å². The standard InChI is InChI=1S/C15H16N2O2S/c1-19-13-6-2-11(3-7-13)15(18)17(12-4-5-12)10-14-16-8-9-20-14/h2-3,6-9,12H,4-5,10H2,1H3. The van der Waals surface area contributed by atoms with Gasteiger partial charge < -0.3 is 9.64 Å². The molecule has 1 aromatic heterocycles. The fourth-order valence-electron chi connectivity index (χ4n) is 2.13. The molecule has 3 rings (SSSR count). The maximum Gasteiger partial charge on any atom is 0.254 e. The molecule has 0 radical (unpaired) electrons. The van der Waals surface area contributed by atoms with Gasteiger partial charge in [-0.1, -0.05) is 0 Å². The number of rotatable bonds is 5. The van der Waals surface area contributed by atoms with E-state index in [1.807, 2.05) is 34.5 Å². The third-order valence-electron chi connectivity index (χ3n) is 3.37. The van der Waals surface area contributed by atoms with Crippen LogP contribution < -0.4 is 4.74 Å². The molecule has 0 unspecified atom stereocenters. The Kier molecular flexibility index (Phi) is 3.69. The van der Waals surface area contributed by atoms with Crippen LogP contribution in [0.2, 0.25) is 0 Å². The number of nitrogens with zero attached hydrogens (tertiary/aromatic N) is 2. The molecule has 0 aliphatic heterocycles. The predicted octanol–water partition coefficient (Wildman–Crippen LogP) is 2.96. The SMILES string of the molecule is COc1ccc(C(=O)N(Cc2nccs2)C2CC2)cc1. The first-order valence-electron chi connectivity index (χ1n) is 6.61. The number of ether oxygens (including phenoxy) is 1. The van der Waals surface area contributed by atoms with Gasteiger partial charge in [0.2, 0.25) is 0 Å². The Morgan fingerprint density at radius 1 is 1.40 bits per heavy atom. The van der Waals surface area contributed by atoms with Gasteiger partial charge in [0.1, 0.15) is 10.8 Å². The molecule has 0 N–H and O–H groups in total. The normalized spacial score (nSPS) is 14.1. The molecule has 1 heterocycles. The van der Waals surface area contributed by atoms with Gasteiger partial charge in [-0.25, -0.2) is 4.98 Å². The van der Waals surface area contributed by atoms with Gasteiger partial charge in [-0.15, -0.1) is 11.3 Å². The minimum atomic E-state index is 0.0744. The van der Waals surface area contributed by atoms with Crippen LogP contribution in [0.3, 0.4) is 0 Å². The maximum atomic E-state index is 12.6. The van der Waals surface area contributed by atoms with Gasteiger partial charge in [-0.2, -0.15) is 0 Å². The summed E-state index contributed by atoms with van der Waals surface area (Å²) in [6.45, 7) is 0.604. The summed E-state index contributed by atoms with van der Waals surface area (Å²) in [6.07, 6.45) is 3.96. The van der Waals surface area contributed by atoms with E-state index in [4.69, 9.17) is 4.74 Å². The summed E-state index contributed by atoms with van der Waals surface area (Å²) in [5, 5.41) is 2.93. The zero-order valence-corrected chi connectivity index (χ0v) is 12.1. The van der Waals surface area contributed by atoms with Gasteiger partial charge in [0.25, 0.3) is 5.91 Å². The number of benzene rings is 1. The van der Waals surface area contributed by atoms with E-state index in [1.165, 1.54) is 0 Å². The van der Waals surface area contributed by atoms with Crippen molar-refractivity contribution in [3.05, 3.63) is 46.4 Å². The number of thiazole rings is 1. The molecule has 0 saturated heterocycles. The summed E-state index contributed by atoms with van der Waals surface area (Å²) in [4.78, 5) is 18.8. The number of carbonyl (C=O) groups excluding carboxylic acids is 1. The van der Waals surface area contributed by atoms with Crippen LogP contribution in [0.1, 0.15) is 28.2 Å². The highest BCUT2D eigenvalue weighted by Gasteiger charge is 2.33. The average molecular weight is 288 g/mol. The van der Waals surface area contributed by atoms with Crippen LogP contribution in [0.15, 0.2) is 35.8 Å². The van der Waals surface area contributed by atoms with E-state index in [-0.39, 0.29) is 5.91 Å². The Bertz CT molecular complexity index is 576. The van der Waals surface area contributed by atoms with Crippen LogP contribution in [-0.4, -0.2) is 28.9 Å². The summed E-state index contributed by atoms with van der Waals surface area (Å²) in [5.41, 5.74) is 0.703. The van der Waals surface area contributed by atoms with E-state index in [0.717, 1.165) is 23.6 Å². The van der Waals surface area contributed by atoms with Crippen molar-refractivity contribution in [2.24, 2.45) is 0 Å². The van der Waals surface area contributed by atoms with Crippen LogP contribution >= 0.6 is 11.3 Å². The molecule has 1 aromatic carbocycles. The zero-order valence-electron chi connectivity index (χ0n) is 11.3. The monoisotopic (exact) mass is 288 g/mol. The summed E-state index contributed by atoms with van der Waals surface area (Å²) in [6, 6.07) is 7.65. The van der Waals surface area contributed by atoms with E-state index in [9.17, 15) is 4.79 Å². The Balaban J connectivity index is 1.77. The summed E-state index contributed by atoms with van der Waals surface area (Å²) < 4.78 is 5.12. The number of carbonyl (C=O) groups is 1. The van der Waals surface area contributed by atoms with Crippen molar-refractivity contribution >= 4 is 17.2 Å². The van der Waals surface area contributed by atoms with Crippen LogP contribution in [0.4, 0.5) is 0 Å². The molecule has 0 bridgehead atoms. The summed E-state index contributed by atoms with van der Waals surface area (Å²) in [7, 11) is 1.62. The number of aromatic nitrogens is 1. The lowest BCUT2D eigenvalue weighted by molar-refractivity contribution is 0.0730. The molecule has 1 saturated carbocycles. The number of methoxy groups -OCH3 is 1. The zero-order chi connectivity index (χ0) is 13.9. The molecule has 4 nitrogen and oxygen atoms in total. The van der Waals surface area contributed by atoms with Crippen LogP contribution in [0.25, 0.3) is 0 Å². The Hall–Kier alpha value is -1.88. The first kappa shape index (κ1) is 13.1. The quantitative estimate of drug-likeness (QED) is 0.849. The molecule has 0 atom stereocenters. The first-order chi connectivity index (χ1) is 9.78. The minimum Gasteiger partial charge on any atom is -0.497 e. The van der Waals surface area contributed by atoms with E-state index in [2.05, 4.69) is 4.98 Å². The molecule has 104 valence electrons. The minimum absolute atomic E-state index is 0.0744. The first-order valence-corrected chi connectivity index (χ1v) is 7.49. The van der Waals surface area contributed by atoms with Crippen molar-refractivity contribution in [2.45, 2.75) is 25.4 Å². The lowest BCUT2D eigenvalue weighted by Crippen LogP contribution is -2.32. The Morgan fingerprint density at radius 2 is 2.15 bits per heavy atom. The van der Waals surface area contributed by atoms with Crippen LogP contribution in [0.5, 0.6) is 5.75 Å². The lowest BCUT2D eigenvalue weighted by Gasteiger charge is -2.21. The van der Waals surface area contributed by atoms with Gasteiger partial charge in [-0.3, -0.25) is 4.79 Å². The van der Waals surface area contributed by atoms with E-state index in [0.29, 0.717) is 18.2 Å². The fraction of sp³-hybridized carbons (Fsp3) is 0.333. The van der Waals surface area contributed by atoms with Crippen molar-refractivity contribution in [3.8, 4) is 5.75 Å². The Morgan fingerprint density at radius 3 is 2.70 bits per heavy atom. The largest absolute Gasteiger partial charge is 0.497 e. The molecule has 0 spiro atoms. The van der Waals surface area contributed by atoms with Gasteiger partial charge in [0, 0.05) is 23.2 Å². The van der Waals surface area contributed by atoms with Gasteiger partial charge >= 0.3 is 0 Å². The fourth-order valence-corrected chi connectivity index (χ4v) is 2.74. The third kappa shape index (κ3) is 2.82. The van der Waals surface area contributed by atoms with E-state index < -0.39 is 0 Å². The third-order valence-corrected chi connectivity index (χ3v) is 4.14. The van der Waals surface area contributed by atoms with Crippen molar-refractivity contribution in [2.75, 3.05) is 7.11 Å². The van der Waals surface area contributed by atoms with Crippen molar-refractivity contribution in [3.63, 3.8) is 0 Å². The molecule has 5 heteroatoms. The van der Waals surface area contributed by atoms with Gasteiger partial charge in [-0.05, 0) is 37.1 Å². The van der Waals surface area contributed by atoms with E-state index >= 15 is 0 Å². The maximum absolute atomic E-state index is 12.6. The van der Waals surface area contributed by atoms with E-state index in [1.54, 1.807) is 24.6 Å². The van der Waals surface area contributed by atoms with Crippen molar-refractivity contribution in [1.82, 2.24) is 9.88 Å². The molecule has 1 aliphatic carbocycles. The summed E-state index contributed by atoms with van der Waals surface area (Å²) in [5.74, 6) is 0.838. The molecular weight excluding hydrogens is 272 g/mol. The number of amides is 1. The van der Waals surface area contributed by atoms with Crippen molar-refractivity contribution in [1.29, 1.82) is 0 Å². The second kappa shape index (κ2) is 5.63. The molecular formula is C15H16N2O2S. The second-order valence-electron chi connectivity index (χ2n) is 4.82. The highest BCUT2D eigenvalue weighted by atomic mass is 32.1. The summed E-state index contributed by atoms with van der Waals surface area (Å²) >= 11 is 1.59. The topological polar surface area (TPSA) is 42.4 Å². The number of hydrogen-bond donors (Lipinski definition) is 0. The smallest absolute Gasteiger partial charge is 0.254 e. The Labute approximate surface area is 122 Å². The second-order valence-corrected chi connectivity index (χ2v) is 5.80. The molecule has 1 aliphatic rings. The molecule has 1 amide bonds. The predicted molar refractivity (Wildman–Crippen MR) is 78.0 cm³/mol. The molecule has 1 fully saturated rings. The van der Waals surface area contributed by atoms with Crippen LogP contribution in [0, 0.1) is 0 Å². The highest BCUT2D eigenvalue weighted by molar-refractivity contribution is 7.09. The van der Waals surface area contributed by atoms with Crippen molar-refractivity contribution < 1.29 is 9.53 Å². The molecule has 2 aromatic rings. The van der Waals surface area contributed by atoms with Crippen LogP contribution in [-0.2, 0) is 6.54 Å². The average Bonchev–Trinajstić information content (AvgIpc) is 3.21.